The molecular weight excluding hydrogens is 292 g/mol. The Labute approximate surface area is 119 Å². The predicted octanol–water partition coefficient (Wildman–Crippen LogP) is -2.04. The van der Waals surface area contributed by atoms with Crippen molar-refractivity contribution in [3.05, 3.63) is 17.3 Å². The van der Waals surface area contributed by atoms with Gasteiger partial charge in [-0.25, -0.2) is 0 Å². The molecular formula is C10H15ClN4O5. The lowest BCUT2D eigenvalue weighted by atomic mass is 10.0. The maximum Gasteiger partial charge on any atom is 0.168 e. The summed E-state index contributed by atoms with van der Waals surface area (Å²) in [6.45, 7) is -0.749. The molecule has 20 heavy (non-hydrogen) atoms. The number of hydrogen-bond acceptors (Lipinski definition) is 9. The van der Waals surface area contributed by atoms with Crippen molar-refractivity contribution < 1.29 is 25.5 Å². The highest BCUT2D eigenvalue weighted by atomic mass is 35.5. The minimum atomic E-state index is -1.71. The smallest absolute Gasteiger partial charge is 0.168 e. The van der Waals surface area contributed by atoms with Crippen LogP contribution in [0, 0.1) is 0 Å². The van der Waals surface area contributed by atoms with Gasteiger partial charge in [0.2, 0.25) is 0 Å². The van der Waals surface area contributed by atoms with E-state index in [1.165, 1.54) is 12.1 Å². The number of anilines is 1. The van der Waals surface area contributed by atoms with Crippen LogP contribution < -0.4 is 5.43 Å². The van der Waals surface area contributed by atoms with Crippen molar-refractivity contribution in [2.45, 2.75) is 24.4 Å². The van der Waals surface area contributed by atoms with E-state index in [1.54, 1.807) is 0 Å². The molecule has 0 saturated carbocycles. The van der Waals surface area contributed by atoms with Crippen LogP contribution in [0.15, 0.2) is 17.2 Å². The van der Waals surface area contributed by atoms with Gasteiger partial charge in [-0.3, -0.25) is 5.43 Å². The number of halogens is 1. The first-order valence-corrected chi connectivity index (χ1v) is 5.95. The van der Waals surface area contributed by atoms with E-state index in [0.717, 1.165) is 6.21 Å². The van der Waals surface area contributed by atoms with E-state index in [4.69, 9.17) is 21.8 Å². The highest BCUT2D eigenvalue weighted by Crippen LogP contribution is 2.06. The molecule has 0 aliphatic rings. The van der Waals surface area contributed by atoms with E-state index in [1.807, 2.05) is 0 Å². The molecule has 1 aromatic heterocycles. The second kappa shape index (κ2) is 8.04. The lowest BCUT2D eigenvalue weighted by Crippen LogP contribution is -2.46. The molecule has 0 aliphatic carbocycles. The van der Waals surface area contributed by atoms with Crippen LogP contribution in [0.5, 0.6) is 0 Å². The highest BCUT2D eigenvalue weighted by molar-refractivity contribution is 6.29. The van der Waals surface area contributed by atoms with Crippen molar-refractivity contribution in [3.63, 3.8) is 0 Å². The molecule has 0 saturated heterocycles. The zero-order valence-electron chi connectivity index (χ0n) is 10.2. The van der Waals surface area contributed by atoms with Gasteiger partial charge in [0.15, 0.2) is 11.0 Å². The van der Waals surface area contributed by atoms with Gasteiger partial charge in [-0.05, 0) is 12.1 Å². The minimum Gasteiger partial charge on any atom is -0.394 e. The van der Waals surface area contributed by atoms with Gasteiger partial charge in [-0.15, -0.1) is 10.2 Å². The van der Waals surface area contributed by atoms with Crippen LogP contribution in [0.4, 0.5) is 5.82 Å². The number of hydrazone groups is 1. The highest BCUT2D eigenvalue weighted by Gasteiger charge is 2.29. The number of aromatic nitrogens is 2. The van der Waals surface area contributed by atoms with E-state index in [0.29, 0.717) is 0 Å². The first-order valence-electron chi connectivity index (χ1n) is 5.57. The molecule has 1 aromatic rings. The number of rotatable bonds is 7. The molecule has 0 aliphatic heterocycles. The summed E-state index contributed by atoms with van der Waals surface area (Å²) < 4.78 is 0. The molecule has 0 unspecified atom stereocenters. The van der Waals surface area contributed by atoms with E-state index in [9.17, 15) is 15.3 Å². The van der Waals surface area contributed by atoms with E-state index in [-0.39, 0.29) is 11.0 Å². The van der Waals surface area contributed by atoms with Crippen LogP contribution in [-0.4, -0.2) is 73.0 Å². The maximum atomic E-state index is 9.51. The van der Waals surface area contributed by atoms with Crippen molar-refractivity contribution in [3.8, 4) is 0 Å². The number of aliphatic hydroxyl groups excluding tert-OH is 5. The Morgan fingerprint density at radius 1 is 1.20 bits per heavy atom. The molecule has 4 atom stereocenters. The third-order valence-corrected chi connectivity index (χ3v) is 2.52. The number of nitrogens with one attached hydrogen (secondary N) is 1. The normalized spacial score (nSPS) is 17.7. The van der Waals surface area contributed by atoms with Crippen LogP contribution in [0.2, 0.25) is 5.15 Å². The zero-order chi connectivity index (χ0) is 15.1. The zero-order valence-corrected chi connectivity index (χ0v) is 11.0. The third kappa shape index (κ3) is 4.96. The van der Waals surface area contributed by atoms with Crippen LogP contribution >= 0.6 is 11.6 Å². The number of hydrogen-bond donors (Lipinski definition) is 6. The molecule has 112 valence electrons. The van der Waals surface area contributed by atoms with Crippen molar-refractivity contribution in [2.75, 3.05) is 12.0 Å². The van der Waals surface area contributed by atoms with Gasteiger partial charge in [0, 0.05) is 0 Å². The van der Waals surface area contributed by atoms with Crippen LogP contribution in [0.3, 0.4) is 0 Å². The molecule has 0 spiro atoms. The SMILES string of the molecule is OC[C@@H](O)[C@@H](O)[C@H](O)[C@H](O)/C=N/Nc1ccc(Cl)nn1. The summed E-state index contributed by atoms with van der Waals surface area (Å²) >= 11 is 5.53. The molecule has 0 radical (unpaired) electrons. The number of aliphatic hydroxyl groups is 5. The Morgan fingerprint density at radius 2 is 1.90 bits per heavy atom. The Kier molecular flexibility index (Phi) is 6.71. The first kappa shape index (κ1) is 16.7. The summed E-state index contributed by atoms with van der Waals surface area (Å²) in [5, 5.41) is 57.0. The fraction of sp³-hybridized carbons (Fsp3) is 0.500. The lowest BCUT2D eigenvalue weighted by molar-refractivity contribution is -0.0999. The van der Waals surface area contributed by atoms with Crippen molar-refractivity contribution in [1.82, 2.24) is 10.2 Å². The van der Waals surface area contributed by atoms with Gasteiger partial charge in [0.1, 0.15) is 24.4 Å². The Balaban J connectivity index is 2.50. The van der Waals surface area contributed by atoms with Gasteiger partial charge in [0.25, 0.3) is 0 Å². The minimum absolute atomic E-state index is 0.205. The molecule has 1 rings (SSSR count). The van der Waals surface area contributed by atoms with Crippen LogP contribution in [0.25, 0.3) is 0 Å². The molecule has 1 heterocycles. The summed E-state index contributed by atoms with van der Waals surface area (Å²) in [5.74, 6) is 0.253. The predicted molar refractivity (Wildman–Crippen MR) is 70.3 cm³/mol. The van der Waals surface area contributed by atoms with Crippen molar-refractivity contribution in [1.29, 1.82) is 0 Å². The van der Waals surface area contributed by atoms with E-state index >= 15 is 0 Å². The van der Waals surface area contributed by atoms with Crippen LogP contribution in [0.1, 0.15) is 0 Å². The standard InChI is InChI=1S/C10H15ClN4O5/c11-7-1-2-8(15-13-7)14-12-3-5(17)9(19)10(20)6(18)4-16/h1-3,5-6,9-10,16-20H,4H2,(H,14,15)/b12-3+/t5-,6-,9-,10-/m1/s1. The largest absolute Gasteiger partial charge is 0.394 e. The fourth-order valence-electron chi connectivity index (χ4n) is 1.18. The third-order valence-electron chi connectivity index (χ3n) is 2.32. The summed E-state index contributed by atoms with van der Waals surface area (Å²) in [7, 11) is 0. The topological polar surface area (TPSA) is 151 Å². The quantitative estimate of drug-likeness (QED) is 0.249. The van der Waals surface area contributed by atoms with Gasteiger partial charge >= 0.3 is 0 Å². The monoisotopic (exact) mass is 306 g/mol. The van der Waals surface area contributed by atoms with E-state index < -0.39 is 31.0 Å². The Bertz CT molecular complexity index is 432. The second-order valence-corrected chi connectivity index (χ2v) is 4.24. The molecule has 0 bridgehead atoms. The summed E-state index contributed by atoms with van der Waals surface area (Å²) in [6, 6.07) is 2.96. The molecule has 0 fully saturated rings. The average molecular weight is 307 g/mol. The molecule has 10 heteroatoms. The van der Waals surface area contributed by atoms with Gasteiger partial charge in [-0.2, -0.15) is 5.10 Å². The number of nitrogens with zero attached hydrogens (tertiary/aromatic N) is 3. The maximum absolute atomic E-state index is 9.51. The Morgan fingerprint density at radius 3 is 2.45 bits per heavy atom. The van der Waals surface area contributed by atoms with Gasteiger partial charge < -0.3 is 25.5 Å². The fourth-order valence-corrected chi connectivity index (χ4v) is 1.28. The van der Waals surface area contributed by atoms with Crippen molar-refractivity contribution >= 4 is 23.6 Å². The van der Waals surface area contributed by atoms with Crippen LogP contribution in [-0.2, 0) is 0 Å². The summed E-state index contributed by atoms with van der Waals surface area (Å²) in [5.41, 5.74) is 2.41. The molecule has 0 aromatic carbocycles. The molecule has 6 N–H and O–H groups in total. The summed E-state index contributed by atoms with van der Waals surface area (Å²) in [6.07, 6.45) is -5.65. The van der Waals surface area contributed by atoms with E-state index in [2.05, 4.69) is 20.7 Å². The average Bonchev–Trinajstić information content (AvgIpc) is 2.46. The van der Waals surface area contributed by atoms with Gasteiger partial charge in [-0.1, -0.05) is 11.6 Å². The van der Waals surface area contributed by atoms with Crippen molar-refractivity contribution in [2.24, 2.45) is 5.10 Å². The van der Waals surface area contributed by atoms with Gasteiger partial charge in [0.05, 0.1) is 12.8 Å². The lowest BCUT2D eigenvalue weighted by Gasteiger charge is -2.23. The Hall–Kier alpha value is -1.36. The molecule has 9 nitrogen and oxygen atoms in total. The summed E-state index contributed by atoms with van der Waals surface area (Å²) in [4.78, 5) is 0. The first-order chi connectivity index (χ1) is 9.45. The molecule has 0 amide bonds. The second-order valence-electron chi connectivity index (χ2n) is 3.85.